The maximum absolute atomic E-state index is 12.1. The zero-order valence-electron chi connectivity index (χ0n) is 16.2. The number of carbonyl (C=O) groups excluding carboxylic acids is 1. The molecule has 7 nitrogen and oxygen atoms in total. The van der Waals surface area contributed by atoms with E-state index in [1.807, 2.05) is 44.9 Å². The molecule has 27 heavy (non-hydrogen) atoms. The summed E-state index contributed by atoms with van der Waals surface area (Å²) >= 11 is 1.64. The van der Waals surface area contributed by atoms with Gasteiger partial charge in [0, 0.05) is 31.1 Å². The van der Waals surface area contributed by atoms with Crippen LogP contribution in [0.15, 0.2) is 28.6 Å². The highest BCUT2D eigenvalue weighted by Gasteiger charge is 2.09. The summed E-state index contributed by atoms with van der Waals surface area (Å²) in [5.41, 5.74) is 1.89. The van der Waals surface area contributed by atoms with Gasteiger partial charge in [0.25, 0.3) is 0 Å². The van der Waals surface area contributed by atoms with Crippen LogP contribution < -0.4 is 10.6 Å². The number of aromatic nitrogens is 2. The summed E-state index contributed by atoms with van der Waals surface area (Å²) in [6, 6.07) is 5.54. The van der Waals surface area contributed by atoms with Crippen LogP contribution in [0.5, 0.6) is 0 Å². The molecule has 0 radical (unpaired) electrons. The van der Waals surface area contributed by atoms with E-state index >= 15 is 0 Å². The third-order valence-corrected chi connectivity index (χ3v) is 4.34. The molecule has 2 aromatic rings. The monoisotopic (exact) mass is 502 g/mol. The van der Waals surface area contributed by atoms with Gasteiger partial charge in [0.1, 0.15) is 5.82 Å². The molecule has 0 saturated heterocycles. The maximum Gasteiger partial charge on any atom is 0.227 e. The number of nitrogens with one attached hydrogen (secondary N) is 2. The Bertz CT molecular complexity index is 764. The van der Waals surface area contributed by atoms with Crippen LogP contribution >= 0.6 is 35.3 Å². The van der Waals surface area contributed by atoms with Crippen molar-refractivity contribution in [3.63, 3.8) is 0 Å². The van der Waals surface area contributed by atoms with Gasteiger partial charge in [0.15, 0.2) is 5.96 Å². The molecular weight excluding hydrogens is 475 g/mol. The number of guanidine groups is 1. The van der Waals surface area contributed by atoms with E-state index in [4.69, 9.17) is 0 Å². The van der Waals surface area contributed by atoms with E-state index in [0.717, 1.165) is 28.9 Å². The van der Waals surface area contributed by atoms with Crippen LogP contribution in [0.2, 0.25) is 0 Å². The van der Waals surface area contributed by atoms with Crippen molar-refractivity contribution < 1.29 is 4.79 Å². The molecule has 0 atom stereocenters. The zero-order chi connectivity index (χ0) is 18.9. The van der Waals surface area contributed by atoms with Gasteiger partial charge in [0.05, 0.1) is 23.8 Å². The molecule has 2 N–H and O–H groups in total. The van der Waals surface area contributed by atoms with E-state index in [1.165, 1.54) is 0 Å². The Hall–Kier alpha value is -1.75. The van der Waals surface area contributed by atoms with Crippen molar-refractivity contribution in [3.8, 4) is 0 Å². The second kappa shape index (κ2) is 11.9. The number of nitrogens with zero attached hydrogens (tertiary/aromatic N) is 4. The first-order valence-corrected chi connectivity index (χ1v) is 9.50. The molecule has 0 aromatic carbocycles. The summed E-state index contributed by atoms with van der Waals surface area (Å²) in [5.74, 6) is 1.24. The van der Waals surface area contributed by atoms with E-state index in [9.17, 15) is 4.79 Å². The van der Waals surface area contributed by atoms with Gasteiger partial charge in [-0.15, -0.1) is 35.3 Å². The normalized spacial score (nSPS) is 10.9. The first-order chi connectivity index (χ1) is 12.5. The van der Waals surface area contributed by atoms with Crippen LogP contribution in [0.25, 0.3) is 0 Å². The van der Waals surface area contributed by atoms with E-state index < -0.39 is 0 Å². The molecule has 2 rings (SSSR count). The van der Waals surface area contributed by atoms with Crippen LogP contribution in [0.4, 0.5) is 5.82 Å². The van der Waals surface area contributed by atoms with Crippen molar-refractivity contribution in [1.29, 1.82) is 0 Å². The van der Waals surface area contributed by atoms with Gasteiger partial charge in [-0.3, -0.25) is 9.79 Å². The Labute approximate surface area is 181 Å². The highest BCUT2D eigenvalue weighted by Crippen LogP contribution is 2.10. The molecule has 2 heterocycles. The van der Waals surface area contributed by atoms with Crippen molar-refractivity contribution in [2.45, 2.75) is 33.7 Å². The maximum atomic E-state index is 12.1. The van der Waals surface area contributed by atoms with E-state index in [1.54, 1.807) is 17.4 Å². The summed E-state index contributed by atoms with van der Waals surface area (Å²) in [7, 11) is 1.97. The van der Waals surface area contributed by atoms with Crippen molar-refractivity contribution in [2.24, 2.45) is 4.99 Å². The minimum absolute atomic E-state index is 0. The average molecular weight is 502 g/mol. The van der Waals surface area contributed by atoms with E-state index in [0.29, 0.717) is 25.3 Å². The van der Waals surface area contributed by atoms with E-state index in [2.05, 4.69) is 31.0 Å². The minimum Gasteiger partial charge on any atom is -0.357 e. The molecular formula is C18H27IN6OS. The molecule has 0 saturated carbocycles. The fourth-order valence-corrected chi connectivity index (χ4v) is 2.95. The van der Waals surface area contributed by atoms with Crippen molar-refractivity contribution in [2.75, 3.05) is 25.5 Å². The summed E-state index contributed by atoms with van der Waals surface area (Å²) in [5, 5.41) is 9.15. The molecule has 0 aliphatic heterocycles. The molecule has 148 valence electrons. The number of rotatable bonds is 7. The Balaban J connectivity index is 0.00000364. The van der Waals surface area contributed by atoms with Crippen molar-refractivity contribution >= 4 is 53.0 Å². The van der Waals surface area contributed by atoms with Crippen molar-refractivity contribution in [1.82, 2.24) is 20.2 Å². The van der Waals surface area contributed by atoms with Gasteiger partial charge in [-0.05, 0) is 32.9 Å². The summed E-state index contributed by atoms with van der Waals surface area (Å²) in [6.45, 7) is 7.75. The number of anilines is 1. The molecule has 1 amide bonds. The Morgan fingerprint density at radius 1 is 1.30 bits per heavy atom. The standard InChI is InChI=1S/C18H26N6OS.HI/c1-5-19-18(24(4)11-15-12-26-14(3)22-15)20-10-9-17(25)23-16-8-6-7-13(2)21-16;/h6-8,12H,5,9-11H2,1-4H3,(H,19,20)(H,21,23,25);1H. The number of aliphatic imine (C=N–C) groups is 1. The number of pyridine rings is 1. The lowest BCUT2D eigenvalue weighted by molar-refractivity contribution is -0.116. The molecule has 0 fully saturated rings. The first kappa shape index (κ1) is 23.3. The van der Waals surface area contributed by atoms with Gasteiger partial charge in [-0.1, -0.05) is 6.07 Å². The zero-order valence-corrected chi connectivity index (χ0v) is 19.3. The Kier molecular flexibility index (Phi) is 10.2. The quantitative estimate of drug-likeness (QED) is 0.345. The minimum atomic E-state index is -0.0968. The van der Waals surface area contributed by atoms with Gasteiger partial charge < -0.3 is 15.5 Å². The molecule has 0 unspecified atom stereocenters. The third-order valence-electron chi connectivity index (χ3n) is 3.52. The molecule has 9 heteroatoms. The van der Waals surface area contributed by atoms with Crippen LogP contribution in [0.1, 0.15) is 29.7 Å². The van der Waals surface area contributed by atoms with Crippen LogP contribution in [-0.2, 0) is 11.3 Å². The lowest BCUT2D eigenvalue weighted by Gasteiger charge is -2.21. The number of carbonyl (C=O) groups is 1. The number of hydrogen-bond acceptors (Lipinski definition) is 5. The fraction of sp³-hybridized carbons (Fsp3) is 0.444. The summed E-state index contributed by atoms with van der Waals surface area (Å²) < 4.78 is 0. The van der Waals surface area contributed by atoms with Crippen LogP contribution in [-0.4, -0.2) is 46.9 Å². The van der Waals surface area contributed by atoms with Gasteiger partial charge >= 0.3 is 0 Å². The average Bonchev–Trinajstić information content (AvgIpc) is 2.99. The largest absolute Gasteiger partial charge is 0.357 e. The molecule has 0 bridgehead atoms. The molecule has 0 spiro atoms. The second-order valence-electron chi connectivity index (χ2n) is 5.91. The summed E-state index contributed by atoms with van der Waals surface area (Å²) in [4.78, 5) is 27.4. The lowest BCUT2D eigenvalue weighted by atomic mass is 10.3. The fourth-order valence-electron chi connectivity index (χ4n) is 2.35. The molecule has 2 aromatic heterocycles. The predicted octanol–water partition coefficient (Wildman–Crippen LogP) is 3.20. The number of amides is 1. The van der Waals surface area contributed by atoms with Gasteiger partial charge in [-0.2, -0.15) is 0 Å². The lowest BCUT2D eigenvalue weighted by Crippen LogP contribution is -2.38. The highest BCUT2D eigenvalue weighted by atomic mass is 127. The third kappa shape index (κ3) is 8.21. The van der Waals surface area contributed by atoms with Gasteiger partial charge in [0.2, 0.25) is 5.91 Å². The summed E-state index contributed by atoms with van der Waals surface area (Å²) in [6.07, 6.45) is 0.300. The smallest absolute Gasteiger partial charge is 0.227 e. The predicted molar refractivity (Wildman–Crippen MR) is 122 cm³/mol. The first-order valence-electron chi connectivity index (χ1n) is 8.62. The van der Waals surface area contributed by atoms with Crippen LogP contribution in [0, 0.1) is 13.8 Å². The highest BCUT2D eigenvalue weighted by molar-refractivity contribution is 14.0. The number of aryl methyl sites for hydroxylation is 2. The molecule has 0 aliphatic carbocycles. The second-order valence-corrected chi connectivity index (χ2v) is 6.97. The topological polar surface area (TPSA) is 82.5 Å². The Morgan fingerprint density at radius 3 is 2.70 bits per heavy atom. The van der Waals surface area contributed by atoms with Crippen molar-refractivity contribution in [3.05, 3.63) is 40.0 Å². The van der Waals surface area contributed by atoms with Gasteiger partial charge in [-0.25, -0.2) is 9.97 Å². The molecule has 0 aliphatic rings. The number of thiazole rings is 1. The van der Waals surface area contributed by atoms with Crippen LogP contribution in [0.3, 0.4) is 0 Å². The Morgan fingerprint density at radius 2 is 2.07 bits per heavy atom. The number of halogens is 1. The SMILES string of the molecule is CCNC(=NCCC(=O)Nc1cccc(C)n1)N(C)Cc1csc(C)n1.I. The number of hydrogen-bond donors (Lipinski definition) is 2. The van der Waals surface area contributed by atoms with E-state index in [-0.39, 0.29) is 29.9 Å².